The van der Waals surface area contributed by atoms with Crippen molar-refractivity contribution in [3.63, 3.8) is 0 Å². The van der Waals surface area contributed by atoms with Gasteiger partial charge in [0.15, 0.2) is 0 Å². The molecular weight excluding hydrogens is 132 g/mol. The zero-order chi connectivity index (χ0) is 6.57. The van der Waals surface area contributed by atoms with Crippen LogP contribution in [0.25, 0.3) is 0 Å². The molecule has 0 amide bonds. The first-order valence-electron chi connectivity index (χ1n) is 2.49. The van der Waals surface area contributed by atoms with Gasteiger partial charge in [0.1, 0.15) is 18.4 Å². The van der Waals surface area contributed by atoms with Crippen LogP contribution < -0.4 is 0 Å². The summed E-state index contributed by atoms with van der Waals surface area (Å²) >= 11 is 0. The second-order valence-corrected chi connectivity index (χ2v) is 5.59. The van der Waals surface area contributed by atoms with Crippen LogP contribution in [-0.2, 0) is 0 Å². The smallest absolute Gasteiger partial charge is 0.143 e. The van der Waals surface area contributed by atoms with Gasteiger partial charge in [-0.1, -0.05) is 0 Å². The Hall–Kier alpha value is 0.354. The van der Waals surface area contributed by atoms with Crippen molar-refractivity contribution >= 4 is 18.4 Å². The van der Waals surface area contributed by atoms with Crippen molar-refractivity contribution in [2.24, 2.45) is 0 Å². The molecule has 0 spiro atoms. The molecule has 0 aromatic carbocycles. The van der Waals surface area contributed by atoms with Crippen LogP contribution in [0, 0.1) is 0 Å². The van der Waals surface area contributed by atoms with E-state index in [4.69, 9.17) is 0 Å². The van der Waals surface area contributed by atoms with Gasteiger partial charge in [-0.3, -0.25) is 0 Å². The summed E-state index contributed by atoms with van der Waals surface area (Å²) in [5.74, 6) is 0. The fourth-order valence-electron chi connectivity index (χ4n) is 0.200. The molecule has 0 N–H and O–H groups in total. The molecular formula is C4H12N2Si2. The van der Waals surface area contributed by atoms with Gasteiger partial charge in [-0.2, -0.15) is 0 Å². The molecule has 0 aromatic heterocycles. The zero-order valence-corrected chi connectivity index (χ0v) is 7.89. The molecule has 0 fully saturated rings. The summed E-state index contributed by atoms with van der Waals surface area (Å²) in [6, 6.07) is 0. The van der Waals surface area contributed by atoms with E-state index < -0.39 is 0 Å². The summed E-state index contributed by atoms with van der Waals surface area (Å²) < 4.78 is 4.44. The van der Waals surface area contributed by atoms with Crippen LogP contribution >= 0.6 is 0 Å². The van der Waals surface area contributed by atoms with Gasteiger partial charge in [0.25, 0.3) is 0 Å². The van der Waals surface area contributed by atoms with Gasteiger partial charge in [0.2, 0.25) is 0 Å². The number of nitrogens with zero attached hydrogens (tertiary/aromatic N) is 2. The lowest BCUT2D eigenvalue weighted by Crippen LogP contribution is -2.32. The van der Waals surface area contributed by atoms with Gasteiger partial charge in [-0.05, 0) is 28.2 Å². The number of hydrogen-bond donors (Lipinski definition) is 0. The van der Waals surface area contributed by atoms with E-state index >= 15 is 0 Å². The molecule has 0 saturated carbocycles. The van der Waals surface area contributed by atoms with Gasteiger partial charge >= 0.3 is 0 Å². The third-order valence-corrected chi connectivity index (χ3v) is 4.47. The Kier molecular flexibility index (Phi) is 4.44. The molecule has 4 heteroatoms. The Morgan fingerprint density at radius 3 is 1.12 bits per heavy atom. The quantitative estimate of drug-likeness (QED) is 0.482. The van der Waals surface area contributed by atoms with E-state index in [1.807, 2.05) is 0 Å². The van der Waals surface area contributed by atoms with Crippen molar-refractivity contribution in [1.82, 2.24) is 9.13 Å². The Morgan fingerprint density at radius 2 is 1.00 bits per heavy atom. The van der Waals surface area contributed by atoms with E-state index in [-0.39, 0.29) is 0 Å². The van der Waals surface area contributed by atoms with Crippen LogP contribution in [0.15, 0.2) is 0 Å². The molecule has 2 nitrogen and oxygen atoms in total. The van der Waals surface area contributed by atoms with Gasteiger partial charge < -0.3 is 9.13 Å². The van der Waals surface area contributed by atoms with E-state index in [0.717, 1.165) is 18.4 Å². The molecule has 0 aromatic rings. The normalized spacial score (nSPS) is 11.2. The van der Waals surface area contributed by atoms with Crippen LogP contribution in [0.4, 0.5) is 0 Å². The maximum atomic E-state index is 2.22. The standard InChI is InChI=1S/C4H12N2Si2/c1-5(2)7-8-6(3)4/h1-4H3. The summed E-state index contributed by atoms with van der Waals surface area (Å²) in [5, 5.41) is 0. The Bertz CT molecular complexity index is 48.0. The molecule has 0 atom stereocenters. The van der Waals surface area contributed by atoms with E-state index in [1.165, 1.54) is 0 Å². The zero-order valence-electron chi connectivity index (χ0n) is 5.89. The Morgan fingerprint density at radius 1 is 0.750 bits per heavy atom. The van der Waals surface area contributed by atoms with Crippen molar-refractivity contribution in [2.45, 2.75) is 0 Å². The van der Waals surface area contributed by atoms with E-state index in [0.29, 0.717) is 0 Å². The van der Waals surface area contributed by atoms with Crippen molar-refractivity contribution in [3.8, 4) is 0 Å². The number of hydrogen-bond acceptors (Lipinski definition) is 2. The van der Waals surface area contributed by atoms with Crippen molar-refractivity contribution in [2.75, 3.05) is 28.2 Å². The van der Waals surface area contributed by atoms with Gasteiger partial charge in [-0.25, -0.2) is 0 Å². The van der Waals surface area contributed by atoms with E-state index in [2.05, 4.69) is 37.3 Å². The molecule has 0 heterocycles. The molecule has 0 aliphatic heterocycles. The monoisotopic (exact) mass is 144 g/mol. The minimum atomic E-state index is 0.956. The summed E-state index contributed by atoms with van der Waals surface area (Å²) in [4.78, 5) is 0. The lowest BCUT2D eigenvalue weighted by molar-refractivity contribution is 0.647. The van der Waals surface area contributed by atoms with Crippen molar-refractivity contribution in [3.05, 3.63) is 0 Å². The lowest BCUT2D eigenvalue weighted by Gasteiger charge is -2.10. The first-order valence-corrected chi connectivity index (χ1v) is 5.38. The molecule has 0 aliphatic carbocycles. The SMILES string of the molecule is CN(C)[Si][Si]N(C)C. The number of rotatable bonds is 3. The third kappa shape index (κ3) is 6.35. The molecule has 0 aliphatic rings. The minimum Gasteiger partial charge on any atom is -0.332 e. The average molecular weight is 144 g/mol. The van der Waals surface area contributed by atoms with Gasteiger partial charge in [-0.15, -0.1) is 0 Å². The van der Waals surface area contributed by atoms with E-state index in [1.54, 1.807) is 0 Å². The summed E-state index contributed by atoms with van der Waals surface area (Å²) in [5.41, 5.74) is 0. The van der Waals surface area contributed by atoms with E-state index in [9.17, 15) is 0 Å². The second kappa shape index (κ2) is 4.25. The van der Waals surface area contributed by atoms with Gasteiger partial charge in [0.05, 0.1) is 0 Å². The van der Waals surface area contributed by atoms with Crippen LogP contribution in [0.1, 0.15) is 0 Å². The van der Waals surface area contributed by atoms with Crippen LogP contribution in [0.2, 0.25) is 0 Å². The molecule has 0 saturated heterocycles. The molecule has 4 radical (unpaired) electrons. The maximum Gasteiger partial charge on any atom is 0.143 e. The topological polar surface area (TPSA) is 6.48 Å². The Balaban J connectivity index is 2.93. The predicted octanol–water partition coefficient (Wildman–Crippen LogP) is -0.737. The minimum absolute atomic E-state index is 0.956. The third-order valence-electron chi connectivity index (χ3n) is 0.497. The second-order valence-electron chi connectivity index (χ2n) is 2.01. The van der Waals surface area contributed by atoms with Crippen LogP contribution in [0.5, 0.6) is 0 Å². The highest BCUT2D eigenvalue weighted by Gasteiger charge is 1.94. The largest absolute Gasteiger partial charge is 0.332 e. The molecule has 46 valence electrons. The molecule has 0 unspecified atom stereocenters. The molecule has 0 bridgehead atoms. The van der Waals surface area contributed by atoms with Crippen molar-refractivity contribution < 1.29 is 0 Å². The first-order chi connectivity index (χ1) is 3.63. The van der Waals surface area contributed by atoms with Crippen LogP contribution in [-0.4, -0.2) is 55.7 Å². The summed E-state index contributed by atoms with van der Waals surface area (Å²) in [7, 11) is 10.3. The first kappa shape index (κ1) is 8.35. The summed E-state index contributed by atoms with van der Waals surface area (Å²) in [6.07, 6.45) is 0. The molecule has 0 rings (SSSR count). The fraction of sp³-hybridized carbons (Fsp3) is 1.00. The Labute approximate surface area is 56.5 Å². The highest BCUT2D eigenvalue weighted by molar-refractivity contribution is 6.97. The summed E-state index contributed by atoms with van der Waals surface area (Å²) in [6.45, 7) is 0. The highest BCUT2D eigenvalue weighted by Crippen LogP contribution is 1.69. The van der Waals surface area contributed by atoms with Gasteiger partial charge in [0, 0.05) is 0 Å². The maximum absolute atomic E-state index is 2.22. The predicted molar refractivity (Wildman–Crippen MR) is 38.9 cm³/mol. The molecule has 8 heavy (non-hydrogen) atoms. The average Bonchev–Trinajstić information content (AvgIpc) is 1.61. The highest BCUT2D eigenvalue weighted by atomic mass is 29.2. The lowest BCUT2D eigenvalue weighted by atomic mass is 11.3. The van der Waals surface area contributed by atoms with Crippen molar-refractivity contribution in [1.29, 1.82) is 0 Å². The fourth-order valence-corrected chi connectivity index (χ4v) is 1.80. The van der Waals surface area contributed by atoms with Crippen LogP contribution in [0.3, 0.4) is 0 Å².